The van der Waals surface area contributed by atoms with E-state index >= 15 is 0 Å². The molecule has 1 aliphatic rings. The lowest BCUT2D eigenvalue weighted by Gasteiger charge is -2.33. The number of hydrogen-bond acceptors (Lipinski definition) is 5. The molecule has 0 aliphatic carbocycles. The van der Waals surface area contributed by atoms with Crippen LogP contribution in [-0.2, 0) is 4.79 Å². The number of nitrogens with zero attached hydrogens (tertiary/aromatic N) is 2. The minimum Gasteiger partial charge on any atom is -0.371 e. The normalized spacial score (nSPS) is 17.6. The Morgan fingerprint density at radius 3 is 2.88 bits per heavy atom. The molecule has 24 heavy (non-hydrogen) atoms. The molecule has 0 bridgehead atoms. The van der Waals surface area contributed by atoms with Gasteiger partial charge in [-0.25, -0.2) is 9.37 Å². The summed E-state index contributed by atoms with van der Waals surface area (Å²) < 4.78 is 13.1. The minimum atomic E-state index is -0.253. The summed E-state index contributed by atoms with van der Waals surface area (Å²) in [6.07, 6.45) is 3.39. The highest BCUT2D eigenvalue weighted by Gasteiger charge is 2.26. The van der Waals surface area contributed by atoms with Gasteiger partial charge < -0.3 is 10.2 Å². The number of carbonyl (C=O) groups is 1. The predicted octanol–water partition coefficient (Wildman–Crippen LogP) is 3.04. The van der Waals surface area contributed by atoms with Gasteiger partial charge in [-0.05, 0) is 61.2 Å². The Hall–Kier alpha value is -2.12. The maximum absolute atomic E-state index is 13.1. The van der Waals surface area contributed by atoms with Crippen LogP contribution < -0.4 is 15.4 Å². The predicted molar refractivity (Wildman–Crippen MR) is 94.2 cm³/mol. The van der Waals surface area contributed by atoms with E-state index in [0.29, 0.717) is 17.3 Å². The van der Waals surface area contributed by atoms with Crippen molar-refractivity contribution in [3.05, 3.63) is 48.4 Å². The smallest absolute Gasteiger partial charge is 0.229 e. The van der Waals surface area contributed by atoms with E-state index in [4.69, 9.17) is 5.14 Å². The van der Waals surface area contributed by atoms with E-state index in [1.807, 2.05) is 0 Å². The van der Waals surface area contributed by atoms with E-state index in [0.717, 1.165) is 37.0 Å². The van der Waals surface area contributed by atoms with Gasteiger partial charge in [0.2, 0.25) is 5.91 Å². The summed E-state index contributed by atoms with van der Waals surface area (Å²) in [5.41, 5.74) is 1.64. The molecule has 0 radical (unpaired) electrons. The van der Waals surface area contributed by atoms with Gasteiger partial charge in [0.25, 0.3) is 0 Å². The number of pyridine rings is 1. The fourth-order valence-corrected chi connectivity index (χ4v) is 3.19. The van der Waals surface area contributed by atoms with E-state index in [2.05, 4.69) is 15.2 Å². The molecule has 2 aromatic rings. The first-order valence-electron chi connectivity index (χ1n) is 7.80. The first kappa shape index (κ1) is 16.7. The molecule has 0 spiro atoms. The third-order valence-electron chi connectivity index (χ3n) is 4.11. The van der Waals surface area contributed by atoms with E-state index in [1.165, 1.54) is 12.1 Å². The van der Waals surface area contributed by atoms with Crippen molar-refractivity contribution < 1.29 is 9.18 Å². The van der Waals surface area contributed by atoms with Gasteiger partial charge in [0.05, 0.1) is 5.92 Å². The summed E-state index contributed by atoms with van der Waals surface area (Å²) >= 11 is 1.04. The maximum atomic E-state index is 13.1. The Morgan fingerprint density at radius 2 is 2.12 bits per heavy atom. The van der Waals surface area contributed by atoms with Crippen molar-refractivity contribution in [3.63, 3.8) is 0 Å². The van der Waals surface area contributed by atoms with Crippen LogP contribution in [0.15, 0.2) is 47.6 Å². The van der Waals surface area contributed by atoms with Crippen molar-refractivity contribution in [1.29, 1.82) is 0 Å². The second kappa shape index (κ2) is 7.63. The van der Waals surface area contributed by atoms with Gasteiger partial charge in [-0.2, -0.15) is 0 Å². The lowest BCUT2D eigenvalue weighted by Crippen LogP contribution is -2.40. The van der Waals surface area contributed by atoms with Crippen LogP contribution in [-0.4, -0.2) is 24.0 Å². The van der Waals surface area contributed by atoms with Gasteiger partial charge in [0.15, 0.2) is 0 Å². The van der Waals surface area contributed by atoms with Crippen LogP contribution in [0.4, 0.5) is 15.8 Å². The van der Waals surface area contributed by atoms with Gasteiger partial charge in [0.1, 0.15) is 10.8 Å². The molecule has 0 saturated carbocycles. The molecule has 1 aromatic carbocycles. The topological polar surface area (TPSA) is 71.2 Å². The number of nitrogens with one attached hydrogen (secondary N) is 1. The number of benzene rings is 1. The zero-order valence-corrected chi connectivity index (χ0v) is 13.9. The van der Waals surface area contributed by atoms with Crippen molar-refractivity contribution in [3.8, 4) is 0 Å². The standard InChI is InChI=1S/C17H19FN4OS/c18-13-3-5-15(6-4-13)22-9-1-2-12(11-22)17(23)21-14-7-8-20-16(10-14)24-19/h3-8,10,12H,1-2,9,11,19H2,(H,20,21,23). The Balaban J connectivity index is 1.65. The number of aromatic nitrogens is 1. The number of rotatable bonds is 4. The third-order valence-corrected chi connectivity index (χ3v) is 4.57. The lowest BCUT2D eigenvalue weighted by molar-refractivity contribution is -0.120. The highest BCUT2D eigenvalue weighted by atomic mass is 32.2. The molecule has 1 fully saturated rings. The monoisotopic (exact) mass is 346 g/mol. The highest BCUT2D eigenvalue weighted by Crippen LogP contribution is 2.24. The molecule has 126 valence electrons. The lowest BCUT2D eigenvalue weighted by atomic mass is 9.96. The fraction of sp³-hybridized carbons (Fsp3) is 0.294. The molecular formula is C17H19FN4OS. The third kappa shape index (κ3) is 4.04. The summed E-state index contributed by atoms with van der Waals surface area (Å²) in [5, 5.41) is 9.08. The molecule has 5 nitrogen and oxygen atoms in total. The molecular weight excluding hydrogens is 327 g/mol. The Morgan fingerprint density at radius 1 is 1.33 bits per heavy atom. The zero-order chi connectivity index (χ0) is 16.9. The van der Waals surface area contributed by atoms with Crippen molar-refractivity contribution in [1.82, 2.24) is 4.98 Å². The number of nitrogens with two attached hydrogens (primary N) is 1. The molecule has 1 saturated heterocycles. The molecule has 2 heterocycles. The van der Waals surface area contributed by atoms with Crippen molar-refractivity contribution in [2.75, 3.05) is 23.3 Å². The van der Waals surface area contributed by atoms with Crippen molar-refractivity contribution >= 4 is 29.2 Å². The van der Waals surface area contributed by atoms with Crippen LogP contribution in [0.25, 0.3) is 0 Å². The highest BCUT2D eigenvalue weighted by molar-refractivity contribution is 7.97. The maximum Gasteiger partial charge on any atom is 0.229 e. The molecule has 1 unspecified atom stereocenters. The fourth-order valence-electron chi connectivity index (χ4n) is 2.87. The van der Waals surface area contributed by atoms with E-state index in [1.54, 1.807) is 30.5 Å². The number of halogens is 1. The average Bonchev–Trinajstić information content (AvgIpc) is 2.62. The summed E-state index contributed by atoms with van der Waals surface area (Å²) in [7, 11) is 0. The summed E-state index contributed by atoms with van der Waals surface area (Å²) in [4.78, 5) is 18.8. The van der Waals surface area contributed by atoms with Gasteiger partial charge in [-0.1, -0.05) is 0 Å². The number of carbonyl (C=O) groups excluding carboxylic acids is 1. The number of amides is 1. The van der Waals surface area contributed by atoms with Crippen LogP contribution in [0.2, 0.25) is 0 Å². The van der Waals surface area contributed by atoms with Gasteiger partial charge in [-0.15, -0.1) is 0 Å². The van der Waals surface area contributed by atoms with Gasteiger partial charge >= 0.3 is 0 Å². The van der Waals surface area contributed by atoms with E-state index < -0.39 is 0 Å². The van der Waals surface area contributed by atoms with E-state index in [9.17, 15) is 9.18 Å². The number of hydrogen-bond donors (Lipinski definition) is 2. The Kier molecular flexibility index (Phi) is 5.32. The molecule has 1 aliphatic heterocycles. The van der Waals surface area contributed by atoms with Crippen molar-refractivity contribution in [2.24, 2.45) is 11.1 Å². The van der Waals surface area contributed by atoms with Gasteiger partial charge in [-0.3, -0.25) is 9.93 Å². The van der Waals surface area contributed by atoms with Crippen LogP contribution in [0.1, 0.15) is 12.8 Å². The number of piperidine rings is 1. The summed E-state index contributed by atoms with van der Waals surface area (Å²) in [5.74, 6) is -0.372. The molecule has 1 aromatic heterocycles. The first-order chi connectivity index (χ1) is 11.7. The zero-order valence-electron chi connectivity index (χ0n) is 13.1. The molecule has 3 rings (SSSR count). The van der Waals surface area contributed by atoms with E-state index in [-0.39, 0.29) is 17.6 Å². The van der Waals surface area contributed by atoms with Crippen LogP contribution in [0, 0.1) is 11.7 Å². The quantitative estimate of drug-likeness (QED) is 0.833. The average molecular weight is 346 g/mol. The Labute approximate surface area is 144 Å². The molecule has 1 atom stereocenters. The molecule has 1 amide bonds. The molecule has 7 heteroatoms. The summed E-state index contributed by atoms with van der Waals surface area (Å²) in [6, 6.07) is 9.90. The first-order valence-corrected chi connectivity index (χ1v) is 8.68. The van der Waals surface area contributed by atoms with Crippen LogP contribution >= 0.6 is 11.9 Å². The van der Waals surface area contributed by atoms with Crippen LogP contribution in [0.3, 0.4) is 0 Å². The second-order valence-corrected chi connectivity index (χ2v) is 6.41. The SMILES string of the molecule is NSc1cc(NC(=O)C2CCCN(c3ccc(F)cc3)C2)ccn1. The van der Waals surface area contributed by atoms with Gasteiger partial charge in [0, 0.05) is 30.7 Å². The minimum absolute atomic E-state index is 0.0130. The number of anilines is 2. The largest absolute Gasteiger partial charge is 0.371 e. The molecule has 3 N–H and O–H groups in total. The Bertz CT molecular complexity index is 710. The second-order valence-electron chi connectivity index (χ2n) is 5.75. The van der Waals surface area contributed by atoms with Crippen molar-refractivity contribution in [2.45, 2.75) is 17.9 Å². The van der Waals surface area contributed by atoms with Crippen LogP contribution in [0.5, 0.6) is 0 Å². The summed E-state index contributed by atoms with van der Waals surface area (Å²) in [6.45, 7) is 1.50.